The number of anilines is 4. The Bertz CT molecular complexity index is 554. The number of hydrogen-bond donors (Lipinski definition) is 4. The Labute approximate surface area is 99.0 Å². The molecule has 0 heterocycles. The lowest BCUT2D eigenvalue weighted by atomic mass is 10.2. The zero-order valence-corrected chi connectivity index (χ0v) is 9.18. The fraction of sp³-hybridized carbons (Fsp3) is 0. The fourth-order valence-electron chi connectivity index (χ4n) is 1.38. The highest BCUT2D eigenvalue weighted by molar-refractivity contribution is 5.66. The first kappa shape index (κ1) is 10.9. The summed E-state index contributed by atoms with van der Waals surface area (Å²) in [5.41, 5.74) is 24.8. The molecule has 2 rings (SSSR count). The molecular formula is C12H14N4O. The van der Waals surface area contributed by atoms with E-state index in [1.54, 1.807) is 36.4 Å². The van der Waals surface area contributed by atoms with Crippen molar-refractivity contribution in [2.24, 2.45) is 0 Å². The van der Waals surface area contributed by atoms with E-state index in [-0.39, 0.29) is 0 Å². The smallest absolute Gasteiger partial charge is 0.152 e. The Hall–Kier alpha value is -2.56. The van der Waals surface area contributed by atoms with Gasteiger partial charge < -0.3 is 27.7 Å². The van der Waals surface area contributed by atoms with Crippen LogP contribution in [-0.4, -0.2) is 0 Å². The van der Waals surface area contributed by atoms with E-state index in [1.165, 1.54) is 0 Å². The molecule has 0 bridgehead atoms. The minimum Gasteiger partial charge on any atom is -0.455 e. The molecule has 0 radical (unpaired) electrons. The summed E-state index contributed by atoms with van der Waals surface area (Å²) >= 11 is 0. The molecule has 0 aliphatic rings. The van der Waals surface area contributed by atoms with Crippen LogP contribution in [-0.2, 0) is 0 Å². The molecule has 0 saturated heterocycles. The normalized spacial score (nSPS) is 10.1. The van der Waals surface area contributed by atoms with Crippen molar-refractivity contribution in [3.05, 3.63) is 36.4 Å². The second-order valence-electron chi connectivity index (χ2n) is 3.69. The Morgan fingerprint density at radius 1 is 0.706 bits per heavy atom. The largest absolute Gasteiger partial charge is 0.455 e. The van der Waals surface area contributed by atoms with Gasteiger partial charge in [0.25, 0.3) is 0 Å². The summed E-state index contributed by atoms with van der Waals surface area (Å²) in [4.78, 5) is 0. The minimum absolute atomic E-state index is 0.463. The lowest BCUT2D eigenvalue weighted by molar-refractivity contribution is 0.486. The maximum atomic E-state index is 5.77. The predicted molar refractivity (Wildman–Crippen MR) is 70.6 cm³/mol. The lowest BCUT2D eigenvalue weighted by Crippen LogP contribution is -1.97. The summed E-state index contributed by atoms with van der Waals surface area (Å²) in [7, 11) is 0. The molecule has 2 aromatic carbocycles. The van der Waals surface area contributed by atoms with E-state index >= 15 is 0 Å². The molecule has 5 heteroatoms. The number of ether oxygens (including phenoxy) is 1. The lowest BCUT2D eigenvalue weighted by Gasteiger charge is -2.10. The number of hydrogen-bond acceptors (Lipinski definition) is 5. The number of rotatable bonds is 2. The van der Waals surface area contributed by atoms with Gasteiger partial charge in [-0.15, -0.1) is 0 Å². The van der Waals surface area contributed by atoms with Gasteiger partial charge in [0.15, 0.2) is 5.75 Å². The monoisotopic (exact) mass is 230 g/mol. The second-order valence-corrected chi connectivity index (χ2v) is 3.69. The number of benzene rings is 2. The quantitative estimate of drug-likeness (QED) is 0.587. The summed E-state index contributed by atoms with van der Waals surface area (Å²) < 4.78 is 5.59. The van der Waals surface area contributed by atoms with Gasteiger partial charge in [-0.05, 0) is 24.3 Å². The highest BCUT2D eigenvalue weighted by Gasteiger charge is 2.04. The molecule has 0 amide bonds. The van der Waals surface area contributed by atoms with E-state index in [4.69, 9.17) is 27.7 Å². The molecule has 0 spiro atoms. The van der Waals surface area contributed by atoms with Crippen molar-refractivity contribution in [3.8, 4) is 11.5 Å². The summed E-state index contributed by atoms with van der Waals surface area (Å²) in [5, 5.41) is 0. The van der Waals surface area contributed by atoms with E-state index in [0.717, 1.165) is 0 Å². The molecule has 8 N–H and O–H groups in total. The Morgan fingerprint density at radius 2 is 1.41 bits per heavy atom. The molecule has 17 heavy (non-hydrogen) atoms. The molecule has 0 aromatic heterocycles. The van der Waals surface area contributed by atoms with Crippen molar-refractivity contribution >= 4 is 22.7 Å². The Morgan fingerprint density at radius 3 is 2.12 bits per heavy atom. The third-order valence-corrected chi connectivity index (χ3v) is 2.32. The van der Waals surface area contributed by atoms with Crippen molar-refractivity contribution in [1.82, 2.24) is 0 Å². The third kappa shape index (κ3) is 2.34. The second kappa shape index (κ2) is 4.13. The number of nitrogens with two attached hydrogens (primary N) is 4. The molecule has 0 atom stereocenters. The van der Waals surface area contributed by atoms with Crippen LogP contribution in [0, 0.1) is 0 Å². The molecule has 5 nitrogen and oxygen atoms in total. The molecule has 0 fully saturated rings. The van der Waals surface area contributed by atoms with E-state index in [2.05, 4.69) is 0 Å². The summed E-state index contributed by atoms with van der Waals surface area (Å²) in [5.74, 6) is 1.06. The van der Waals surface area contributed by atoms with Gasteiger partial charge in [0.05, 0.1) is 17.1 Å². The van der Waals surface area contributed by atoms with E-state index < -0.39 is 0 Å². The SMILES string of the molecule is Nc1ccc(N)c(Oc2ccc(N)c(N)c2)c1. The predicted octanol–water partition coefficient (Wildman–Crippen LogP) is 1.81. The first-order valence-electron chi connectivity index (χ1n) is 5.04. The van der Waals surface area contributed by atoms with Crippen molar-refractivity contribution in [2.75, 3.05) is 22.9 Å². The summed E-state index contributed by atoms with van der Waals surface area (Å²) in [6.07, 6.45) is 0. The van der Waals surface area contributed by atoms with Crippen molar-refractivity contribution in [1.29, 1.82) is 0 Å². The van der Waals surface area contributed by atoms with Gasteiger partial charge in [0, 0.05) is 17.8 Å². The highest BCUT2D eigenvalue weighted by atomic mass is 16.5. The first-order chi connectivity index (χ1) is 8.06. The van der Waals surface area contributed by atoms with Crippen molar-refractivity contribution < 1.29 is 4.74 Å². The number of nitrogen functional groups attached to an aromatic ring is 4. The van der Waals surface area contributed by atoms with Crippen LogP contribution in [0.5, 0.6) is 11.5 Å². The Kier molecular flexibility index (Phi) is 2.66. The molecular weight excluding hydrogens is 216 g/mol. The molecule has 0 saturated carbocycles. The molecule has 0 aliphatic carbocycles. The van der Waals surface area contributed by atoms with Crippen LogP contribution in [0.25, 0.3) is 0 Å². The maximum Gasteiger partial charge on any atom is 0.152 e. The van der Waals surface area contributed by atoms with Gasteiger partial charge in [0.2, 0.25) is 0 Å². The van der Waals surface area contributed by atoms with Crippen LogP contribution >= 0.6 is 0 Å². The van der Waals surface area contributed by atoms with Crippen molar-refractivity contribution in [2.45, 2.75) is 0 Å². The fourth-order valence-corrected chi connectivity index (χ4v) is 1.38. The van der Waals surface area contributed by atoms with Crippen molar-refractivity contribution in [3.63, 3.8) is 0 Å². The van der Waals surface area contributed by atoms with Gasteiger partial charge in [-0.3, -0.25) is 0 Å². The summed E-state index contributed by atoms with van der Waals surface area (Å²) in [6.45, 7) is 0. The Balaban J connectivity index is 2.31. The van der Waals surface area contributed by atoms with E-state index in [1.807, 2.05) is 0 Å². The van der Waals surface area contributed by atoms with Gasteiger partial charge in [-0.25, -0.2) is 0 Å². The van der Waals surface area contributed by atoms with Gasteiger partial charge >= 0.3 is 0 Å². The van der Waals surface area contributed by atoms with Crippen LogP contribution in [0.2, 0.25) is 0 Å². The standard InChI is InChI=1S/C12H14N4O/c13-7-1-3-10(15)12(5-7)17-8-2-4-9(14)11(16)6-8/h1-6H,13-16H2. The van der Waals surface area contributed by atoms with Gasteiger partial charge in [-0.1, -0.05) is 0 Å². The molecule has 88 valence electrons. The zero-order chi connectivity index (χ0) is 12.4. The molecule has 0 aliphatic heterocycles. The first-order valence-corrected chi connectivity index (χ1v) is 5.04. The van der Waals surface area contributed by atoms with Crippen LogP contribution in [0.1, 0.15) is 0 Å². The van der Waals surface area contributed by atoms with Crippen LogP contribution in [0.4, 0.5) is 22.7 Å². The topological polar surface area (TPSA) is 113 Å². The maximum absolute atomic E-state index is 5.77. The highest BCUT2D eigenvalue weighted by Crippen LogP contribution is 2.31. The molecule has 0 unspecified atom stereocenters. The minimum atomic E-state index is 0.463. The van der Waals surface area contributed by atoms with E-state index in [0.29, 0.717) is 34.2 Å². The van der Waals surface area contributed by atoms with Crippen LogP contribution in [0.3, 0.4) is 0 Å². The average molecular weight is 230 g/mol. The average Bonchev–Trinajstić information content (AvgIpc) is 2.29. The van der Waals surface area contributed by atoms with Gasteiger partial charge in [-0.2, -0.15) is 0 Å². The van der Waals surface area contributed by atoms with E-state index in [9.17, 15) is 0 Å². The van der Waals surface area contributed by atoms with Gasteiger partial charge in [0.1, 0.15) is 5.75 Å². The van der Waals surface area contributed by atoms with Crippen LogP contribution < -0.4 is 27.7 Å². The van der Waals surface area contributed by atoms with Crippen LogP contribution in [0.15, 0.2) is 36.4 Å². The summed E-state index contributed by atoms with van der Waals surface area (Å²) in [6, 6.07) is 10.1. The molecule has 2 aromatic rings. The third-order valence-electron chi connectivity index (χ3n) is 2.32. The zero-order valence-electron chi connectivity index (χ0n) is 9.18.